The quantitative estimate of drug-likeness (QED) is 0.874. The first-order valence-electron chi connectivity index (χ1n) is 8.56. The molecule has 0 spiro atoms. The minimum Gasteiger partial charge on any atom is -0.489 e. The zero-order chi connectivity index (χ0) is 17.6. The van der Waals surface area contributed by atoms with Gasteiger partial charge in [-0.2, -0.15) is 0 Å². The van der Waals surface area contributed by atoms with Gasteiger partial charge in [0.1, 0.15) is 23.5 Å². The minimum atomic E-state index is -0.301. The Labute approximate surface area is 146 Å². The van der Waals surface area contributed by atoms with Gasteiger partial charge in [-0.15, -0.1) is 0 Å². The second-order valence-corrected chi connectivity index (χ2v) is 6.33. The van der Waals surface area contributed by atoms with Gasteiger partial charge in [-0.25, -0.2) is 14.2 Å². The van der Waals surface area contributed by atoms with Crippen LogP contribution < -0.4 is 10.1 Å². The molecule has 1 aliphatic rings. The van der Waals surface area contributed by atoms with E-state index in [2.05, 4.69) is 15.3 Å². The van der Waals surface area contributed by atoms with E-state index in [1.807, 2.05) is 18.0 Å². The number of imidazole rings is 1. The van der Waals surface area contributed by atoms with Gasteiger partial charge in [-0.3, -0.25) is 0 Å². The maximum absolute atomic E-state index is 12.9. The van der Waals surface area contributed by atoms with Gasteiger partial charge in [0, 0.05) is 31.4 Å². The van der Waals surface area contributed by atoms with Crippen molar-refractivity contribution in [2.24, 2.45) is 0 Å². The molecule has 0 unspecified atom stereocenters. The molecule has 2 aromatic rings. The number of halogens is 1. The fourth-order valence-electron chi connectivity index (χ4n) is 3.02. The van der Waals surface area contributed by atoms with Gasteiger partial charge in [0.05, 0.1) is 6.54 Å². The largest absolute Gasteiger partial charge is 0.489 e. The first kappa shape index (κ1) is 17.3. The molecule has 0 radical (unpaired) electrons. The van der Waals surface area contributed by atoms with Gasteiger partial charge < -0.3 is 19.9 Å². The third-order valence-corrected chi connectivity index (χ3v) is 4.31. The van der Waals surface area contributed by atoms with Crippen LogP contribution in [0.3, 0.4) is 0 Å². The van der Waals surface area contributed by atoms with E-state index < -0.39 is 0 Å². The summed E-state index contributed by atoms with van der Waals surface area (Å²) in [4.78, 5) is 21.6. The van der Waals surface area contributed by atoms with Crippen molar-refractivity contribution in [1.82, 2.24) is 20.2 Å². The number of urea groups is 1. The van der Waals surface area contributed by atoms with Crippen LogP contribution in [-0.4, -0.2) is 46.6 Å². The molecule has 0 bridgehead atoms. The maximum atomic E-state index is 12.9. The second kappa shape index (κ2) is 8.00. The van der Waals surface area contributed by atoms with Gasteiger partial charge >= 0.3 is 6.03 Å². The average molecular weight is 346 g/mol. The molecule has 1 aromatic heterocycles. The van der Waals surface area contributed by atoms with Crippen molar-refractivity contribution < 1.29 is 13.9 Å². The Morgan fingerprint density at radius 1 is 1.48 bits per heavy atom. The molecule has 1 fully saturated rings. The highest BCUT2D eigenvalue weighted by Crippen LogP contribution is 2.24. The normalized spacial score (nSPS) is 18.6. The molecule has 2 amide bonds. The van der Waals surface area contributed by atoms with Gasteiger partial charge in [-0.1, -0.05) is 0 Å². The Kier molecular flexibility index (Phi) is 5.53. The summed E-state index contributed by atoms with van der Waals surface area (Å²) >= 11 is 0. The minimum absolute atomic E-state index is 0.0918. The molecule has 2 atom stereocenters. The van der Waals surface area contributed by atoms with E-state index in [0.717, 1.165) is 25.2 Å². The van der Waals surface area contributed by atoms with Gasteiger partial charge in [-0.05, 0) is 44.0 Å². The maximum Gasteiger partial charge on any atom is 0.317 e. The molecule has 0 saturated carbocycles. The summed E-state index contributed by atoms with van der Waals surface area (Å²) in [6.07, 6.45) is 5.33. The number of carbonyl (C=O) groups excluding carboxylic acids is 1. The number of nitrogens with one attached hydrogen (secondary N) is 2. The highest BCUT2D eigenvalue weighted by molar-refractivity contribution is 5.74. The molecule has 1 saturated heterocycles. The van der Waals surface area contributed by atoms with Gasteiger partial charge in [0.25, 0.3) is 0 Å². The number of piperidine rings is 1. The summed E-state index contributed by atoms with van der Waals surface area (Å²) in [6.45, 7) is 3.66. The molecule has 6 nitrogen and oxygen atoms in total. The van der Waals surface area contributed by atoms with Crippen LogP contribution in [0, 0.1) is 5.82 Å². The van der Waals surface area contributed by atoms with E-state index in [1.54, 1.807) is 18.3 Å². The summed E-state index contributed by atoms with van der Waals surface area (Å²) in [5.41, 5.74) is 0. The van der Waals surface area contributed by atoms with Crippen LogP contribution >= 0.6 is 0 Å². The number of likely N-dealkylation sites (tertiary alicyclic amines) is 1. The van der Waals surface area contributed by atoms with Crippen LogP contribution in [0.2, 0.25) is 0 Å². The molecule has 25 heavy (non-hydrogen) atoms. The van der Waals surface area contributed by atoms with Crippen molar-refractivity contribution in [1.29, 1.82) is 0 Å². The number of carbonyl (C=O) groups is 1. The zero-order valence-electron chi connectivity index (χ0n) is 14.2. The van der Waals surface area contributed by atoms with E-state index in [1.165, 1.54) is 12.1 Å². The number of amides is 2. The monoisotopic (exact) mass is 346 g/mol. The number of nitrogens with zero attached hydrogens (tertiary/aromatic N) is 2. The number of rotatable bonds is 5. The Hall–Kier alpha value is -2.57. The number of H-pyrrole nitrogens is 1. The molecule has 1 aliphatic heterocycles. The topological polar surface area (TPSA) is 70.2 Å². The summed E-state index contributed by atoms with van der Waals surface area (Å²) < 4.78 is 18.6. The van der Waals surface area contributed by atoms with Gasteiger partial charge in [0.2, 0.25) is 0 Å². The Bertz CT molecular complexity index is 675. The van der Waals surface area contributed by atoms with Crippen molar-refractivity contribution in [3.8, 4) is 5.75 Å². The molecule has 2 N–H and O–H groups in total. The molecule has 1 aromatic carbocycles. The van der Waals surface area contributed by atoms with Crippen molar-refractivity contribution in [2.45, 2.75) is 31.8 Å². The van der Waals surface area contributed by atoms with E-state index in [9.17, 15) is 9.18 Å². The lowest BCUT2D eigenvalue weighted by molar-refractivity contribution is 0.168. The van der Waals surface area contributed by atoms with Crippen molar-refractivity contribution in [2.75, 3.05) is 19.6 Å². The third-order valence-electron chi connectivity index (χ3n) is 4.31. The molecular formula is C18H23FN4O2. The molecule has 134 valence electrons. The molecule has 0 aliphatic carbocycles. The summed E-state index contributed by atoms with van der Waals surface area (Å²) in [6, 6.07) is 5.76. The first-order chi connectivity index (χ1) is 12.1. The molecule has 3 rings (SSSR count). The standard InChI is InChI=1S/C18H23FN4O2/c1-13(25-16-6-4-15(19)5-7-16)11-22-18(24)23-10-2-3-14(12-23)17-20-8-9-21-17/h4-9,13-14H,2-3,10-12H2,1H3,(H,20,21)(H,22,24)/t13-,14-/m1/s1. The Balaban J connectivity index is 1.46. The van der Waals surface area contributed by atoms with Crippen LogP contribution in [0.1, 0.15) is 31.5 Å². The lowest BCUT2D eigenvalue weighted by Crippen LogP contribution is -2.47. The van der Waals surface area contributed by atoms with Crippen LogP contribution in [0.15, 0.2) is 36.7 Å². The lowest BCUT2D eigenvalue weighted by atomic mass is 9.98. The fraction of sp³-hybridized carbons (Fsp3) is 0.444. The fourth-order valence-corrected chi connectivity index (χ4v) is 3.02. The second-order valence-electron chi connectivity index (χ2n) is 6.33. The van der Waals surface area contributed by atoms with Crippen LogP contribution in [0.5, 0.6) is 5.75 Å². The molecule has 2 heterocycles. The summed E-state index contributed by atoms with van der Waals surface area (Å²) in [7, 11) is 0. The number of hydrogen-bond acceptors (Lipinski definition) is 3. The Morgan fingerprint density at radius 3 is 3.00 bits per heavy atom. The number of aromatic nitrogens is 2. The third kappa shape index (κ3) is 4.71. The summed E-state index contributed by atoms with van der Waals surface area (Å²) in [5, 5.41) is 2.91. The van der Waals surface area contributed by atoms with E-state index in [-0.39, 0.29) is 23.9 Å². The van der Waals surface area contributed by atoms with Crippen molar-refractivity contribution in [3.05, 3.63) is 48.3 Å². The number of aromatic amines is 1. The smallest absolute Gasteiger partial charge is 0.317 e. The van der Waals surface area contributed by atoms with Crippen molar-refractivity contribution in [3.63, 3.8) is 0 Å². The average Bonchev–Trinajstić information content (AvgIpc) is 3.16. The Morgan fingerprint density at radius 2 is 2.28 bits per heavy atom. The predicted octanol–water partition coefficient (Wildman–Crippen LogP) is 2.91. The van der Waals surface area contributed by atoms with Crippen LogP contribution in [0.4, 0.5) is 9.18 Å². The van der Waals surface area contributed by atoms with E-state index >= 15 is 0 Å². The zero-order valence-corrected chi connectivity index (χ0v) is 14.2. The predicted molar refractivity (Wildman–Crippen MR) is 92.0 cm³/mol. The SMILES string of the molecule is C[C@H](CNC(=O)N1CCC[C@@H](c2ncc[nH]2)C1)Oc1ccc(F)cc1. The lowest BCUT2D eigenvalue weighted by Gasteiger charge is -2.32. The molecule has 7 heteroatoms. The number of benzene rings is 1. The van der Waals surface area contributed by atoms with E-state index in [0.29, 0.717) is 18.8 Å². The van der Waals surface area contributed by atoms with Crippen LogP contribution in [-0.2, 0) is 0 Å². The van der Waals surface area contributed by atoms with Crippen molar-refractivity contribution >= 4 is 6.03 Å². The van der Waals surface area contributed by atoms with E-state index in [4.69, 9.17) is 4.74 Å². The molecular weight excluding hydrogens is 323 g/mol. The van der Waals surface area contributed by atoms with Crippen LogP contribution in [0.25, 0.3) is 0 Å². The highest BCUT2D eigenvalue weighted by atomic mass is 19.1. The van der Waals surface area contributed by atoms with Gasteiger partial charge in [0.15, 0.2) is 0 Å². The summed E-state index contributed by atoms with van der Waals surface area (Å²) in [5.74, 6) is 1.47. The first-order valence-corrected chi connectivity index (χ1v) is 8.56. The number of hydrogen-bond donors (Lipinski definition) is 2. The highest BCUT2D eigenvalue weighted by Gasteiger charge is 2.26. The number of ether oxygens (including phenoxy) is 1.